The summed E-state index contributed by atoms with van der Waals surface area (Å²) in [5, 5.41) is 0.610. The normalized spacial score (nSPS) is 10.5. The van der Waals surface area contributed by atoms with Crippen LogP contribution in [-0.4, -0.2) is 6.04 Å². The van der Waals surface area contributed by atoms with Gasteiger partial charge in [0.05, 0.1) is 0 Å². The maximum Gasteiger partial charge on any atom is 0.324 e. The maximum atomic E-state index is 11.7. The maximum absolute atomic E-state index is 11.7. The third-order valence-electron chi connectivity index (χ3n) is 1.28. The molecule has 12 heavy (non-hydrogen) atoms. The van der Waals surface area contributed by atoms with E-state index in [2.05, 4.69) is 0 Å². The number of carbonyl (C=O) groups is 1. The summed E-state index contributed by atoms with van der Waals surface area (Å²) >= 11 is 5.61. The van der Waals surface area contributed by atoms with Crippen LogP contribution in [0, 0.1) is 0 Å². The zero-order valence-electron chi connectivity index (χ0n) is 6.13. The number of benzene rings is 1. The van der Waals surface area contributed by atoms with Crippen molar-refractivity contribution in [1.82, 2.24) is 0 Å². The van der Waals surface area contributed by atoms with Crippen molar-refractivity contribution in [3.63, 3.8) is 0 Å². The Hall–Kier alpha value is -1.15. The molecule has 0 aliphatic rings. The molecule has 0 spiro atoms. The van der Waals surface area contributed by atoms with Gasteiger partial charge in [-0.15, -0.1) is 0 Å². The predicted octanol–water partition coefficient (Wildman–Crippen LogP) is 2.85. The molecule has 0 radical (unpaired) electrons. The second-order valence-corrected chi connectivity index (χ2v) is 2.63. The molecule has 0 unspecified atom stereocenters. The van der Waals surface area contributed by atoms with Gasteiger partial charge in [-0.3, -0.25) is 4.79 Å². The molecule has 0 amide bonds. The van der Waals surface area contributed by atoms with Crippen molar-refractivity contribution in [2.45, 2.75) is 0 Å². The molecule has 0 atom stereocenters. The standard InChI is InChI=1S/C9H6ClFO/c10-8-4-1-7(2-5-8)3-6-9(11)12/h1-6H/b6-3+. The van der Waals surface area contributed by atoms with Gasteiger partial charge in [-0.25, -0.2) is 0 Å². The molecule has 62 valence electrons. The van der Waals surface area contributed by atoms with E-state index < -0.39 is 6.04 Å². The number of allylic oxidation sites excluding steroid dienone is 1. The first-order chi connectivity index (χ1) is 5.68. The first kappa shape index (κ1) is 8.94. The molecule has 0 saturated heterocycles. The van der Waals surface area contributed by atoms with Crippen molar-refractivity contribution in [1.29, 1.82) is 0 Å². The Labute approximate surface area is 74.5 Å². The van der Waals surface area contributed by atoms with Crippen molar-refractivity contribution in [2.24, 2.45) is 0 Å². The lowest BCUT2D eigenvalue weighted by Gasteiger charge is -1.91. The van der Waals surface area contributed by atoms with Crippen LogP contribution in [0.3, 0.4) is 0 Å². The molecule has 0 bridgehead atoms. The fourth-order valence-corrected chi connectivity index (χ4v) is 0.862. The number of hydrogen-bond acceptors (Lipinski definition) is 1. The van der Waals surface area contributed by atoms with E-state index in [-0.39, 0.29) is 0 Å². The highest BCUT2D eigenvalue weighted by Crippen LogP contribution is 2.10. The summed E-state index contributed by atoms with van der Waals surface area (Å²) in [5.74, 6) is 0. The zero-order chi connectivity index (χ0) is 8.97. The van der Waals surface area contributed by atoms with Crippen LogP contribution in [0.2, 0.25) is 5.02 Å². The quantitative estimate of drug-likeness (QED) is 0.510. The van der Waals surface area contributed by atoms with Crippen LogP contribution in [0.1, 0.15) is 5.56 Å². The fraction of sp³-hybridized carbons (Fsp3) is 0. The molecular weight excluding hydrogens is 179 g/mol. The van der Waals surface area contributed by atoms with E-state index in [1.165, 1.54) is 6.08 Å². The highest BCUT2D eigenvalue weighted by atomic mass is 35.5. The largest absolute Gasteiger partial charge is 0.324 e. The van der Waals surface area contributed by atoms with Crippen molar-refractivity contribution in [2.75, 3.05) is 0 Å². The topological polar surface area (TPSA) is 17.1 Å². The molecule has 0 aromatic heterocycles. The van der Waals surface area contributed by atoms with Gasteiger partial charge in [0, 0.05) is 11.1 Å². The highest BCUT2D eigenvalue weighted by Gasteiger charge is 1.90. The third-order valence-corrected chi connectivity index (χ3v) is 1.53. The Kier molecular flexibility index (Phi) is 3.00. The van der Waals surface area contributed by atoms with Gasteiger partial charge in [-0.1, -0.05) is 23.7 Å². The van der Waals surface area contributed by atoms with E-state index in [0.717, 1.165) is 11.6 Å². The van der Waals surface area contributed by atoms with Gasteiger partial charge in [-0.2, -0.15) is 4.39 Å². The van der Waals surface area contributed by atoms with Crippen LogP contribution < -0.4 is 0 Å². The third kappa shape index (κ3) is 2.84. The van der Waals surface area contributed by atoms with Crippen LogP contribution >= 0.6 is 11.6 Å². The summed E-state index contributed by atoms with van der Waals surface area (Å²) in [6.07, 6.45) is 2.25. The van der Waals surface area contributed by atoms with Crippen molar-refractivity contribution >= 4 is 23.7 Å². The second kappa shape index (κ2) is 4.02. The van der Waals surface area contributed by atoms with E-state index in [1.54, 1.807) is 24.3 Å². The SMILES string of the molecule is O=C(F)/C=C/c1ccc(Cl)cc1. The Balaban J connectivity index is 2.77. The first-order valence-corrected chi connectivity index (χ1v) is 3.69. The molecule has 0 aliphatic heterocycles. The lowest BCUT2D eigenvalue weighted by atomic mass is 10.2. The van der Waals surface area contributed by atoms with Gasteiger partial charge in [0.2, 0.25) is 0 Å². The van der Waals surface area contributed by atoms with Crippen LogP contribution in [0.5, 0.6) is 0 Å². The van der Waals surface area contributed by atoms with E-state index in [9.17, 15) is 9.18 Å². The van der Waals surface area contributed by atoms with Crippen LogP contribution in [0.15, 0.2) is 30.3 Å². The Morgan fingerprint density at radius 2 is 1.92 bits per heavy atom. The number of carbonyl (C=O) groups excluding carboxylic acids is 1. The average Bonchev–Trinajstić information content (AvgIpc) is 2.03. The molecule has 3 heteroatoms. The molecule has 1 rings (SSSR count). The fourth-order valence-electron chi connectivity index (χ4n) is 0.736. The van der Waals surface area contributed by atoms with Crippen molar-refractivity contribution in [3.05, 3.63) is 40.9 Å². The monoisotopic (exact) mass is 184 g/mol. The number of rotatable bonds is 2. The molecule has 1 aromatic rings. The number of hydrogen-bond donors (Lipinski definition) is 0. The molecular formula is C9H6ClFO. The molecule has 0 fully saturated rings. The van der Waals surface area contributed by atoms with Crippen molar-refractivity contribution in [3.8, 4) is 0 Å². The minimum absolute atomic E-state index is 0.610. The summed E-state index contributed by atoms with van der Waals surface area (Å²) in [4.78, 5) is 9.90. The second-order valence-electron chi connectivity index (χ2n) is 2.19. The van der Waals surface area contributed by atoms with Gasteiger partial charge >= 0.3 is 6.04 Å². The minimum atomic E-state index is -1.45. The first-order valence-electron chi connectivity index (χ1n) is 3.31. The lowest BCUT2D eigenvalue weighted by Crippen LogP contribution is -1.77. The minimum Gasteiger partial charge on any atom is -0.256 e. The smallest absolute Gasteiger partial charge is 0.256 e. The van der Waals surface area contributed by atoms with Gasteiger partial charge in [0.1, 0.15) is 0 Å². The summed E-state index contributed by atoms with van der Waals surface area (Å²) < 4.78 is 11.7. The molecule has 0 heterocycles. The van der Waals surface area contributed by atoms with Gasteiger partial charge in [-0.05, 0) is 23.8 Å². The summed E-state index contributed by atoms with van der Waals surface area (Å²) in [7, 11) is 0. The van der Waals surface area contributed by atoms with E-state index >= 15 is 0 Å². The Morgan fingerprint density at radius 3 is 2.42 bits per heavy atom. The molecule has 1 nitrogen and oxygen atoms in total. The zero-order valence-corrected chi connectivity index (χ0v) is 6.88. The van der Waals surface area contributed by atoms with E-state index in [1.807, 2.05) is 0 Å². The van der Waals surface area contributed by atoms with Crippen LogP contribution in [0.4, 0.5) is 4.39 Å². The molecule has 0 saturated carbocycles. The summed E-state index contributed by atoms with van der Waals surface area (Å²) in [5.41, 5.74) is 0.741. The molecule has 0 aliphatic carbocycles. The summed E-state index contributed by atoms with van der Waals surface area (Å²) in [6, 6.07) is 5.28. The van der Waals surface area contributed by atoms with Gasteiger partial charge in [0.25, 0.3) is 0 Å². The lowest BCUT2D eigenvalue weighted by molar-refractivity contribution is -0.124. The predicted molar refractivity (Wildman–Crippen MR) is 46.6 cm³/mol. The van der Waals surface area contributed by atoms with Gasteiger partial charge < -0.3 is 0 Å². The van der Waals surface area contributed by atoms with E-state index in [4.69, 9.17) is 11.6 Å². The average molecular weight is 185 g/mol. The Bertz CT molecular complexity index is 303. The van der Waals surface area contributed by atoms with E-state index in [0.29, 0.717) is 5.02 Å². The highest BCUT2D eigenvalue weighted by molar-refractivity contribution is 6.30. The summed E-state index contributed by atoms with van der Waals surface area (Å²) in [6.45, 7) is 0. The molecule has 1 aromatic carbocycles. The number of halogens is 2. The molecule has 0 N–H and O–H groups in total. The van der Waals surface area contributed by atoms with Crippen LogP contribution in [-0.2, 0) is 4.79 Å². The van der Waals surface area contributed by atoms with Crippen molar-refractivity contribution < 1.29 is 9.18 Å². The Morgan fingerprint density at radius 1 is 1.33 bits per heavy atom. The van der Waals surface area contributed by atoms with Gasteiger partial charge in [0.15, 0.2) is 0 Å². The van der Waals surface area contributed by atoms with Crippen LogP contribution in [0.25, 0.3) is 6.08 Å².